The van der Waals surface area contributed by atoms with Gasteiger partial charge in [0.15, 0.2) is 0 Å². The first-order chi connectivity index (χ1) is 3.71. The Labute approximate surface area is 48.4 Å². The molecule has 1 fully saturated rings. The molecular formula is C6H9NO. The second-order valence-corrected chi connectivity index (χ2v) is 2.22. The van der Waals surface area contributed by atoms with E-state index in [1.54, 1.807) is 6.08 Å². The smallest absolute Gasteiger partial charge is 0.227 e. The second kappa shape index (κ2) is 1.34. The van der Waals surface area contributed by atoms with Crippen molar-refractivity contribution in [1.82, 2.24) is 0 Å². The van der Waals surface area contributed by atoms with Crippen LogP contribution in [0.2, 0.25) is 0 Å². The highest BCUT2D eigenvalue weighted by Crippen LogP contribution is 2.46. The molecular weight excluding hydrogens is 102 g/mol. The number of amides is 1. The van der Waals surface area contributed by atoms with Gasteiger partial charge in [0.05, 0.1) is 5.41 Å². The van der Waals surface area contributed by atoms with E-state index in [2.05, 4.69) is 6.58 Å². The number of rotatable bonds is 2. The fraction of sp³-hybridized carbons (Fsp3) is 0.500. The zero-order chi connectivity index (χ0) is 6.20. The lowest BCUT2D eigenvalue weighted by atomic mass is 10.1. The third kappa shape index (κ3) is 0.529. The number of hydrogen-bond donors (Lipinski definition) is 1. The molecule has 44 valence electrons. The van der Waals surface area contributed by atoms with Crippen molar-refractivity contribution in [2.45, 2.75) is 12.8 Å². The molecule has 8 heavy (non-hydrogen) atoms. The quantitative estimate of drug-likeness (QED) is 0.516. The molecule has 0 atom stereocenters. The van der Waals surface area contributed by atoms with Gasteiger partial charge >= 0.3 is 0 Å². The first-order valence-electron chi connectivity index (χ1n) is 2.65. The van der Waals surface area contributed by atoms with Gasteiger partial charge in [0.1, 0.15) is 0 Å². The molecule has 1 aliphatic carbocycles. The van der Waals surface area contributed by atoms with Crippen LogP contribution in [0.25, 0.3) is 0 Å². The van der Waals surface area contributed by atoms with Gasteiger partial charge in [-0.3, -0.25) is 4.79 Å². The summed E-state index contributed by atoms with van der Waals surface area (Å²) in [5.41, 5.74) is 4.73. The molecule has 0 aromatic rings. The van der Waals surface area contributed by atoms with E-state index in [0.29, 0.717) is 0 Å². The minimum atomic E-state index is -0.306. The Morgan fingerprint density at radius 1 is 1.75 bits per heavy atom. The van der Waals surface area contributed by atoms with Crippen LogP contribution < -0.4 is 5.73 Å². The SMILES string of the molecule is C=CC1(C(N)=O)CC1. The maximum atomic E-state index is 10.5. The highest BCUT2D eigenvalue weighted by molar-refractivity contribution is 5.85. The van der Waals surface area contributed by atoms with Gasteiger partial charge in [-0.25, -0.2) is 0 Å². The third-order valence-corrected chi connectivity index (χ3v) is 1.67. The molecule has 2 heteroatoms. The highest BCUT2D eigenvalue weighted by Gasteiger charge is 2.45. The monoisotopic (exact) mass is 111 g/mol. The van der Waals surface area contributed by atoms with Gasteiger partial charge in [-0.05, 0) is 12.8 Å². The molecule has 0 aromatic heterocycles. The normalized spacial score (nSPS) is 22.0. The summed E-state index contributed by atoms with van der Waals surface area (Å²) in [4.78, 5) is 10.5. The van der Waals surface area contributed by atoms with Crippen LogP contribution in [0.15, 0.2) is 12.7 Å². The fourth-order valence-electron chi connectivity index (χ4n) is 0.686. The lowest BCUT2D eigenvalue weighted by Crippen LogP contribution is -2.22. The van der Waals surface area contributed by atoms with E-state index in [-0.39, 0.29) is 11.3 Å². The summed E-state index contributed by atoms with van der Waals surface area (Å²) < 4.78 is 0. The molecule has 0 spiro atoms. The summed E-state index contributed by atoms with van der Waals surface area (Å²) in [6.45, 7) is 3.52. The van der Waals surface area contributed by atoms with E-state index < -0.39 is 0 Å². The predicted molar refractivity (Wildman–Crippen MR) is 31.1 cm³/mol. The van der Waals surface area contributed by atoms with Crippen LogP contribution in [0.5, 0.6) is 0 Å². The molecule has 1 saturated carbocycles. The van der Waals surface area contributed by atoms with Crippen molar-refractivity contribution in [3.63, 3.8) is 0 Å². The molecule has 2 N–H and O–H groups in total. The van der Waals surface area contributed by atoms with E-state index in [1.807, 2.05) is 0 Å². The van der Waals surface area contributed by atoms with Crippen molar-refractivity contribution in [2.75, 3.05) is 0 Å². The lowest BCUT2D eigenvalue weighted by Gasteiger charge is -1.99. The third-order valence-electron chi connectivity index (χ3n) is 1.67. The lowest BCUT2D eigenvalue weighted by molar-refractivity contribution is -0.121. The maximum Gasteiger partial charge on any atom is 0.227 e. The summed E-state index contributed by atoms with van der Waals surface area (Å²) in [6.07, 6.45) is 3.44. The summed E-state index contributed by atoms with van der Waals surface area (Å²) in [7, 11) is 0. The predicted octanol–water partition coefficient (Wildman–Crippen LogP) is 0.438. The van der Waals surface area contributed by atoms with Crippen LogP contribution in [0.4, 0.5) is 0 Å². The van der Waals surface area contributed by atoms with E-state index in [4.69, 9.17) is 5.73 Å². The largest absolute Gasteiger partial charge is 0.369 e. The van der Waals surface area contributed by atoms with E-state index in [0.717, 1.165) is 12.8 Å². The maximum absolute atomic E-state index is 10.5. The number of carbonyl (C=O) groups is 1. The van der Waals surface area contributed by atoms with Crippen molar-refractivity contribution in [1.29, 1.82) is 0 Å². The number of nitrogens with two attached hydrogens (primary N) is 1. The van der Waals surface area contributed by atoms with Gasteiger partial charge in [-0.1, -0.05) is 6.08 Å². The Hall–Kier alpha value is -0.790. The van der Waals surface area contributed by atoms with Crippen LogP contribution in [-0.2, 0) is 4.79 Å². The molecule has 0 aromatic carbocycles. The van der Waals surface area contributed by atoms with Crippen LogP contribution in [0.1, 0.15) is 12.8 Å². The van der Waals surface area contributed by atoms with Gasteiger partial charge in [-0.15, -0.1) is 6.58 Å². The van der Waals surface area contributed by atoms with E-state index in [1.165, 1.54) is 0 Å². The van der Waals surface area contributed by atoms with Gasteiger partial charge in [0.2, 0.25) is 5.91 Å². The Kier molecular flexibility index (Phi) is 0.897. The zero-order valence-corrected chi connectivity index (χ0v) is 4.68. The van der Waals surface area contributed by atoms with Crippen LogP contribution >= 0.6 is 0 Å². The number of hydrogen-bond acceptors (Lipinski definition) is 1. The summed E-state index contributed by atoms with van der Waals surface area (Å²) in [5.74, 6) is -0.229. The van der Waals surface area contributed by atoms with Crippen LogP contribution in [-0.4, -0.2) is 5.91 Å². The summed E-state index contributed by atoms with van der Waals surface area (Å²) in [5, 5.41) is 0. The minimum Gasteiger partial charge on any atom is -0.369 e. The fourth-order valence-corrected chi connectivity index (χ4v) is 0.686. The van der Waals surface area contributed by atoms with E-state index >= 15 is 0 Å². The van der Waals surface area contributed by atoms with E-state index in [9.17, 15) is 4.79 Å². The Balaban J connectivity index is 2.66. The number of carbonyl (C=O) groups excluding carboxylic acids is 1. The molecule has 0 heterocycles. The molecule has 2 nitrogen and oxygen atoms in total. The number of primary amides is 1. The summed E-state index contributed by atoms with van der Waals surface area (Å²) in [6, 6.07) is 0. The Morgan fingerprint density at radius 2 is 2.25 bits per heavy atom. The first kappa shape index (κ1) is 5.35. The molecule has 0 saturated heterocycles. The van der Waals surface area contributed by atoms with Gasteiger partial charge < -0.3 is 5.73 Å². The second-order valence-electron chi connectivity index (χ2n) is 2.22. The molecule has 1 rings (SSSR count). The standard InChI is InChI=1S/C6H9NO/c1-2-6(3-4-6)5(7)8/h2H,1,3-4H2,(H2,7,8). The average Bonchev–Trinajstić information content (AvgIpc) is 2.44. The highest BCUT2D eigenvalue weighted by atomic mass is 16.1. The van der Waals surface area contributed by atoms with Crippen molar-refractivity contribution in [3.8, 4) is 0 Å². The molecule has 0 aliphatic heterocycles. The van der Waals surface area contributed by atoms with Crippen LogP contribution in [0, 0.1) is 5.41 Å². The van der Waals surface area contributed by atoms with Crippen molar-refractivity contribution in [2.24, 2.45) is 11.1 Å². The topological polar surface area (TPSA) is 43.1 Å². The minimum absolute atomic E-state index is 0.229. The van der Waals surface area contributed by atoms with Crippen molar-refractivity contribution in [3.05, 3.63) is 12.7 Å². The molecule has 0 radical (unpaired) electrons. The summed E-state index contributed by atoms with van der Waals surface area (Å²) >= 11 is 0. The first-order valence-corrected chi connectivity index (χ1v) is 2.65. The van der Waals surface area contributed by atoms with Gasteiger partial charge in [0, 0.05) is 0 Å². The zero-order valence-electron chi connectivity index (χ0n) is 4.68. The Bertz CT molecular complexity index is 135. The average molecular weight is 111 g/mol. The molecule has 1 aliphatic rings. The van der Waals surface area contributed by atoms with Crippen molar-refractivity contribution >= 4 is 5.91 Å². The van der Waals surface area contributed by atoms with Gasteiger partial charge in [0.25, 0.3) is 0 Å². The molecule has 1 amide bonds. The molecule has 0 bridgehead atoms. The van der Waals surface area contributed by atoms with Gasteiger partial charge in [-0.2, -0.15) is 0 Å². The van der Waals surface area contributed by atoms with Crippen molar-refractivity contribution < 1.29 is 4.79 Å². The molecule has 0 unspecified atom stereocenters. The Morgan fingerprint density at radius 3 is 2.25 bits per heavy atom. The van der Waals surface area contributed by atoms with Crippen LogP contribution in [0.3, 0.4) is 0 Å².